The third-order valence-electron chi connectivity index (χ3n) is 4.12. The van der Waals surface area contributed by atoms with Crippen molar-refractivity contribution in [2.24, 2.45) is 5.41 Å². The first-order valence-corrected chi connectivity index (χ1v) is 7.61. The van der Waals surface area contributed by atoms with Crippen LogP contribution in [-0.2, 0) is 12.8 Å². The highest BCUT2D eigenvalue weighted by Gasteiger charge is 2.31. The van der Waals surface area contributed by atoms with Crippen molar-refractivity contribution < 1.29 is 14.3 Å². The molecule has 0 fully saturated rings. The summed E-state index contributed by atoms with van der Waals surface area (Å²) in [5, 5.41) is 10.1. The van der Waals surface area contributed by atoms with Crippen LogP contribution in [0.25, 0.3) is 10.9 Å². The number of aromatic nitrogens is 1. The van der Waals surface area contributed by atoms with Gasteiger partial charge >= 0.3 is 5.97 Å². The van der Waals surface area contributed by atoms with Gasteiger partial charge in [0.25, 0.3) is 0 Å². The van der Waals surface area contributed by atoms with E-state index in [4.69, 9.17) is 0 Å². The molecule has 1 N–H and O–H groups in total. The second-order valence-corrected chi connectivity index (χ2v) is 7.20. The van der Waals surface area contributed by atoms with E-state index in [2.05, 4.69) is 34.8 Å². The molecule has 1 aromatic carbocycles. The van der Waals surface area contributed by atoms with E-state index in [0.29, 0.717) is 17.3 Å². The van der Waals surface area contributed by atoms with Crippen LogP contribution in [-0.4, -0.2) is 16.1 Å². The minimum absolute atomic E-state index is 0.0593. The second kappa shape index (κ2) is 4.77. The molecule has 0 saturated carbocycles. The molecule has 0 bridgehead atoms. The molecule has 0 amide bonds. The number of aryl methyl sites for hydroxylation is 1. The van der Waals surface area contributed by atoms with Crippen LogP contribution in [0.2, 0.25) is 0 Å². The van der Waals surface area contributed by atoms with E-state index in [9.17, 15) is 14.3 Å². The van der Waals surface area contributed by atoms with Crippen LogP contribution >= 0.6 is 15.9 Å². The summed E-state index contributed by atoms with van der Waals surface area (Å²) in [5.41, 5.74) is 2.32. The second-order valence-electron chi connectivity index (χ2n) is 6.34. The number of carboxylic acids is 1. The molecule has 21 heavy (non-hydrogen) atoms. The van der Waals surface area contributed by atoms with Crippen molar-refractivity contribution in [3.05, 3.63) is 39.2 Å². The minimum Gasteiger partial charge on any atom is -0.478 e. The van der Waals surface area contributed by atoms with E-state index in [1.54, 1.807) is 0 Å². The van der Waals surface area contributed by atoms with Crippen LogP contribution < -0.4 is 0 Å². The Morgan fingerprint density at radius 2 is 2.14 bits per heavy atom. The average molecular weight is 352 g/mol. The summed E-state index contributed by atoms with van der Waals surface area (Å²) in [6.07, 6.45) is 2.37. The highest BCUT2D eigenvalue weighted by molar-refractivity contribution is 9.10. The van der Waals surface area contributed by atoms with Crippen molar-refractivity contribution in [1.82, 2.24) is 4.98 Å². The number of aromatic carboxylic acids is 1. The van der Waals surface area contributed by atoms with Gasteiger partial charge in [0.05, 0.1) is 15.6 Å². The van der Waals surface area contributed by atoms with E-state index >= 15 is 0 Å². The maximum atomic E-state index is 13.7. The summed E-state index contributed by atoms with van der Waals surface area (Å²) in [6.45, 7) is 4.26. The van der Waals surface area contributed by atoms with Crippen LogP contribution in [0.15, 0.2) is 16.6 Å². The molecule has 1 aliphatic carbocycles. The first-order valence-electron chi connectivity index (χ1n) is 6.82. The quantitative estimate of drug-likeness (QED) is 0.830. The van der Waals surface area contributed by atoms with Crippen molar-refractivity contribution >= 4 is 32.8 Å². The Labute approximate surface area is 130 Å². The van der Waals surface area contributed by atoms with Gasteiger partial charge in [0.15, 0.2) is 0 Å². The normalized spacial score (nSPS) is 16.8. The molecule has 1 heterocycles. The number of carbonyl (C=O) groups is 1. The highest BCUT2D eigenvalue weighted by atomic mass is 79.9. The van der Waals surface area contributed by atoms with Crippen LogP contribution in [0, 0.1) is 11.2 Å². The third kappa shape index (κ3) is 2.44. The summed E-state index contributed by atoms with van der Waals surface area (Å²) in [4.78, 5) is 16.3. The van der Waals surface area contributed by atoms with E-state index in [1.807, 2.05) is 0 Å². The van der Waals surface area contributed by atoms with Gasteiger partial charge < -0.3 is 5.11 Å². The summed E-state index contributed by atoms with van der Waals surface area (Å²) in [7, 11) is 0. The predicted molar refractivity (Wildman–Crippen MR) is 82.2 cm³/mol. The highest BCUT2D eigenvalue weighted by Crippen LogP contribution is 2.38. The van der Waals surface area contributed by atoms with Crippen LogP contribution in [0.1, 0.15) is 41.9 Å². The number of halogens is 2. The molecular weight excluding hydrogens is 337 g/mol. The monoisotopic (exact) mass is 351 g/mol. The first-order chi connectivity index (χ1) is 9.78. The minimum atomic E-state index is -0.977. The van der Waals surface area contributed by atoms with Crippen molar-refractivity contribution in [1.29, 1.82) is 0 Å². The van der Waals surface area contributed by atoms with Crippen molar-refractivity contribution in [3.8, 4) is 0 Å². The van der Waals surface area contributed by atoms with Gasteiger partial charge in [-0.2, -0.15) is 0 Å². The van der Waals surface area contributed by atoms with Gasteiger partial charge in [-0.25, -0.2) is 9.18 Å². The molecule has 0 atom stereocenters. The fourth-order valence-electron chi connectivity index (χ4n) is 3.01. The Bertz CT molecular complexity index is 771. The summed E-state index contributed by atoms with van der Waals surface area (Å²) < 4.78 is 14.0. The van der Waals surface area contributed by atoms with E-state index < -0.39 is 11.8 Å². The number of hydrogen-bond acceptors (Lipinski definition) is 2. The largest absolute Gasteiger partial charge is 0.478 e. The van der Waals surface area contributed by atoms with Gasteiger partial charge in [-0.05, 0) is 52.2 Å². The van der Waals surface area contributed by atoms with E-state index in [0.717, 1.165) is 24.1 Å². The number of carboxylic acid groups (broad SMARTS) is 1. The van der Waals surface area contributed by atoms with Gasteiger partial charge in [-0.1, -0.05) is 13.8 Å². The topological polar surface area (TPSA) is 50.2 Å². The lowest BCUT2D eigenvalue weighted by Crippen LogP contribution is -2.25. The first kappa shape index (κ1) is 14.4. The molecule has 3 rings (SSSR count). The molecular formula is C16H15BrFNO2. The van der Waals surface area contributed by atoms with Crippen LogP contribution in [0.5, 0.6) is 0 Å². The summed E-state index contributed by atoms with van der Waals surface area (Å²) in [5.74, 6) is -1.41. The molecule has 0 radical (unpaired) electrons. The predicted octanol–water partition coefficient (Wildman–Crippen LogP) is 4.35. The van der Waals surface area contributed by atoms with E-state index in [-0.39, 0.29) is 15.5 Å². The van der Waals surface area contributed by atoms with E-state index in [1.165, 1.54) is 12.1 Å². The van der Waals surface area contributed by atoms with Gasteiger partial charge in [-0.15, -0.1) is 0 Å². The molecule has 0 unspecified atom stereocenters. The number of fused-ring (bicyclic) bond motifs is 2. The van der Waals surface area contributed by atoms with Gasteiger partial charge in [-0.3, -0.25) is 4.98 Å². The molecule has 2 aromatic rings. The number of nitrogens with zero attached hydrogens (tertiary/aromatic N) is 1. The fourth-order valence-corrected chi connectivity index (χ4v) is 3.36. The van der Waals surface area contributed by atoms with Crippen molar-refractivity contribution in [2.45, 2.75) is 33.1 Å². The summed E-state index contributed by atoms with van der Waals surface area (Å²) >= 11 is 3.12. The van der Waals surface area contributed by atoms with Gasteiger partial charge in [0.2, 0.25) is 0 Å². The Morgan fingerprint density at radius 1 is 1.43 bits per heavy atom. The van der Waals surface area contributed by atoms with Crippen LogP contribution in [0.4, 0.5) is 4.39 Å². The Hall–Kier alpha value is -1.49. The zero-order valence-corrected chi connectivity index (χ0v) is 13.4. The molecule has 1 aromatic heterocycles. The molecule has 0 aliphatic heterocycles. The fraction of sp³-hybridized carbons (Fsp3) is 0.375. The third-order valence-corrected chi connectivity index (χ3v) is 4.73. The zero-order chi connectivity index (χ0) is 15.4. The molecule has 3 nitrogen and oxygen atoms in total. The lowest BCUT2D eigenvalue weighted by atomic mass is 9.74. The van der Waals surface area contributed by atoms with Gasteiger partial charge in [0, 0.05) is 17.1 Å². The number of benzene rings is 1. The maximum Gasteiger partial charge on any atom is 0.336 e. The van der Waals surface area contributed by atoms with Crippen molar-refractivity contribution in [3.63, 3.8) is 0 Å². The molecule has 0 saturated heterocycles. The number of hydrogen-bond donors (Lipinski definition) is 1. The molecule has 110 valence electrons. The smallest absolute Gasteiger partial charge is 0.336 e. The number of rotatable bonds is 1. The van der Waals surface area contributed by atoms with Crippen molar-refractivity contribution in [2.75, 3.05) is 0 Å². The SMILES string of the molecule is CC1(C)CCc2nc3cc(F)c(Br)cc3c(C(=O)O)c2C1. The van der Waals surface area contributed by atoms with Crippen LogP contribution in [0.3, 0.4) is 0 Å². The average Bonchev–Trinajstić information content (AvgIpc) is 2.37. The maximum absolute atomic E-state index is 13.7. The standard InChI is InChI=1S/C16H15BrFNO2/c1-16(2)4-3-12-9(7-16)14(15(20)21)8-5-10(17)11(18)6-13(8)19-12/h5-6H,3-4,7H2,1-2H3,(H,20,21). The Kier molecular flexibility index (Phi) is 3.28. The lowest BCUT2D eigenvalue weighted by molar-refractivity contribution is 0.0696. The molecule has 1 aliphatic rings. The zero-order valence-electron chi connectivity index (χ0n) is 11.8. The summed E-state index contributed by atoms with van der Waals surface area (Å²) in [6, 6.07) is 2.81. The number of pyridine rings is 1. The molecule has 0 spiro atoms. The lowest BCUT2D eigenvalue weighted by Gasteiger charge is -2.32. The Balaban J connectivity index is 2.38. The molecule has 5 heteroatoms. The van der Waals surface area contributed by atoms with Gasteiger partial charge in [0.1, 0.15) is 5.82 Å². The Morgan fingerprint density at radius 3 is 2.81 bits per heavy atom.